The fourth-order valence-electron chi connectivity index (χ4n) is 2.81. The molecule has 0 saturated carbocycles. The molecular weight excluding hydrogens is 255 g/mol. The van der Waals surface area contributed by atoms with E-state index < -0.39 is 0 Å². The largest absolute Gasteiger partial charge is 0.493 e. The highest BCUT2D eigenvalue weighted by atomic mass is 19.1. The SMILES string of the molecule is C=CCC[C@H](c1cccc(F)c1OC)N1CCNCC1. The Hall–Kier alpha value is -1.39. The molecule has 0 aromatic heterocycles. The Labute approximate surface area is 120 Å². The Morgan fingerprint density at radius 2 is 2.20 bits per heavy atom. The van der Waals surface area contributed by atoms with Gasteiger partial charge >= 0.3 is 0 Å². The highest BCUT2D eigenvalue weighted by molar-refractivity contribution is 5.37. The molecule has 3 nitrogen and oxygen atoms in total. The molecule has 0 radical (unpaired) electrons. The lowest BCUT2D eigenvalue weighted by Gasteiger charge is -2.35. The minimum absolute atomic E-state index is 0.181. The average molecular weight is 278 g/mol. The Kier molecular flexibility index (Phi) is 5.56. The molecule has 0 amide bonds. The lowest BCUT2D eigenvalue weighted by Crippen LogP contribution is -2.45. The maximum absolute atomic E-state index is 13.9. The van der Waals surface area contributed by atoms with E-state index >= 15 is 0 Å². The summed E-state index contributed by atoms with van der Waals surface area (Å²) in [5.74, 6) is 0.0869. The number of piperazine rings is 1. The minimum Gasteiger partial charge on any atom is -0.493 e. The third-order valence-corrected chi connectivity index (χ3v) is 3.80. The number of ether oxygens (including phenoxy) is 1. The second-order valence-corrected chi connectivity index (χ2v) is 5.03. The zero-order valence-corrected chi connectivity index (χ0v) is 12.1. The van der Waals surface area contributed by atoms with Crippen LogP contribution in [-0.2, 0) is 0 Å². The van der Waals surface area contributed by atoms with Crippen molar-refractivity contribution in [1.82, 2.24) is 10.2 Å². The molecule has 1 saturated heterocycles. The second kappa shape index (κ2) is 7.41. The first-order valence-electron chi connectivity index (χ1n) is 7.16. The van der Waals surface area contributed by atoms with Crippen LogP contribution in [0.25, 0.3) is 0 Å². The van der Waals surface area contributed by atoms with Crippen molar-refractivity contribution in [2.45, 2.75) is 18.9 Å². The van der Waals surface area contributed by atoms with E-state index in [0.29, 0.717) is 5.75 Å². The number of halogens is 1. The molecule has 2 rings (SSSR count). The van der Waals surface area contributed by atoms with E-state index in [9.17, 15) is 4.39 Å². The van der Waals surface area contributed by atoms with Gasteiger partial charge in [-0.1, -0.05) is 18.2 Å². The van der Waals surface area contributed by atoms with Crippen LogP contribution in [-0.4, -0.2) is 38.2 Å². The predicted octanol–water partition coefficient (Wildman–Crippen LogP) is 2.75. The van der Waals surface area contributed by atoms with E-state index in [1.807, 2.05) is 12.1 Å². The molecule has 1 N–H and O–H groups in total. The molecule has 1 aromatic carbocycles. The van der Waals surface area contributed by atoms with Crippen LogP contribution in [0.1, 0.15) is 24.4 Å². The normalized spacial score (nSPS) is 17.7. The lowest BCUT2D eigenvalue weighted by molar-refractivity contribution is 0.162. The molecule has 0 aliphatic carbocycles. The summed E-state index contributed by atoms with van der Waals surface area (Å²) in [6.45, 7) is 7.69. The highest BCUT2D eigenvalue weighted by Crippen LogP contribution is 2.34. The van der Waals surface area contributed by atoms with E-state index in [2.05, 4.69) is 16.8 Å². The van der Waals surface area contributed by atoms with Crippen LogP contribution < -0.4 is 10.1 Å². The second-order valence-electron chi connectivity index (χ2n) is 5.03. The Morgan fingerprint density at radius 3 is 2.85 bits per heavy atom. The number of nitrogens with zero attached hydrogens (tertiary/aromatic N) is 1. The van der Waals surface area contributed by atoms with Crippen LogP contribution in [0, 0.1) is 5.82 Å². The van der Waals surface area contributed by atoms with E-state index in [-0.39, 0.29) is 11.9 Å². The Morgan fingerprint density at radius 1 is 1.45 bits per heavy atom. The molecule has 0 spiro atoms. The smallest absolute Gasteiger partial charge is 0.165 e. The van der Waals surface area contributed by atoms with Crippen LogP contribution in [0.15, 0.2) is 30.9 Å². The lowest BCUT2D eigenvalue weighted by atomic mass is 9.98. The van der Waals surface area contributed by atoms with Crippen molar-refractivity contribution in [3.8, 4) is 5.75 Å². The Balaban J connectivity index is 2.29. The van der Waals surface area contributed by atoms with Crippen molar-refractivity contribution >= 4 is 0 Å². The molecule has 1 aliphatic heterocycles. The van der Waals surface area contributed by atoms with Gasteiger partial charge in [0.05, 0.1) is 7.11 Å². The quantitative estimate of drug-likeness (QED) is 0.810. The molecule has 0 bridgehead atoms. The van der Waals surface area contributed by atoms with Crippen molar-refractivity contribution in [2.24, 2.45) is 0 Å². The van der Waals surface area contributed by atoms with E-state index in [1.165, 1.54) is 13.2 Å². The number of para-hydroxylation sites is 1. The number of nitrogens with one attached hydrogen (secondary N) is 1. The van der Waals surface area contributed by atoms with Gasteiger partial charge in [-0.2, -0.15) is 0 Å². The highest BCUT2D eigenvalue weighted by Gasteiger charge is 2.25. The summed E-state index contributed by atoms with van der Waals surface area (Å²) in [6.07, 6.45) is 3.76. The van der Waals surface area contributed by atoms with Gasteiger partial charge in [0, 0.05) is 37.8 Å². The van der Waals surface area contributed by atoms with Gasteiger partial charge in [0.15, 0.2) is 11.6 Å². The van der Waals surface area contributed by atoms with E-state index in [1.54, 1.807) is 6.07 Å². The number of rotatable bonds is 6. The van der Waals surface area contributed by atoms with Gasteiger partial charge in [0.2, 0.25) is 0 Å². The monoisotopic (exact) mass is 278 g/mol. The molecule has 1 heterocycles. The number of benzene rings is 1. The Bertz CT molecular complexity index is 444. The number of allylic oxidation sites excluding steroid dienone is 1. The van der Waals surface area contributed by atoms with Crippen LogP contribution >= 0.6 is 0 Å². The molecule has 1 atom stereocenters. The summed E-state index contributed by atoms with van der Waals surface area (Å²) in [4.78, 5) is 2.40. The number of hydrogen-bond acceptors (Lipinski definition) is 3. The first-order chi connectivity index (χ1) is 9.77. The van der Waals surface area contributed by atoms with Gasteiger partial charge in [-0.15, -0.1) is 6.58 Å². The van der Waals surface area contributed by atoms with Gasteiger partial charge in [0.1, 0.15) is 0 Å². The molecule has 1 aromatic rings. The maximum Gasteiger partial charge on any atom is 0.165 e. The maximum atomic E-state index is 13.9. The van der Waals surface area contributed by atoms with Crippen LogP contribution in [0.3, 0.4) is 0 Å². The van der Waals surface area contributed by atoms with Gasteiger partial charge < -0.3 is 10.1 Å². The molecule has 110 valence electrons. The standard InChI is InChI=1S/C16H23FN2O/c1-3-4-8-15(19-11-9-18-10-12-19)13-6-5-7-14(17)16(13)20-2/h3,5-7,15,18H,1,4,8-12H2,2H3/t15-/m1/s1. The van der Waals surface area contributed by atoms with Gasteiger partial charge in [-0.05, 0) is 18.9 Å². The van der Waals surface area contributed by atoms with E-state index in [0.717, 1.165) is 44.6 Å². The summed E-state index contributed by atoms with van der Waals surface area (Å²) in [7, 11) is 1.53. The molecule has 1 fully saturated rings. The average Bonchev–Trinajstić information content (AvgIpc) is 2.49. The van der Waals surface area contributed by atoms with Crippen molar-refractivity contribution in [2.75, 3.05) is 33.3 Å². The first-order valence-corrected chi connectivity index (χ1v) is 7.16. The van der Waals surface area contributed by atoms with Gasteiger partial charge in [-0.25, -0.2) is 4.39 Å². The number of methoxy groups -OCH3 is 1. The summed E-state index contributed by atoms with van der Waals surface area (Å²) < 4.78 is 19.2. The van der Waals surface area contributed by atoms with Crippen molar-refractivity contribution < 1.29 is 9.13 Å². The predicted molar refractivity (Wildman–Crippen MR) is 79.6 cm³/mol. The van der Waals surface area contributed by atoms with Crippen molar-refractivity contribution in [3.63, 3.8) is 0 Å². The van der Waals surface area contributed by atoms with E-state index in [4.69, 9.17) is 4.74 Å². The summed E-state index contributed by atoms with van der Waals surface area (Å²) in [6, 6.07) is 5.36. The summed E-state index contributed by atoms with van der Waals surface area (Å²) >= 11 is 0. The first kappa shape index (κ1) is 15.0. The van der Waals surface area contributed by atoms with Gasteiger partial charge in [0.25, 0.3) is 0 Å². The molecule has 20 heavy (non-hydrogen) atoms. The zero-order chi connectivity index (χ0) is 14.4. The third-order valence-electron chi connectivity index (χ3n) is 3.80. The third kappa shape index (κ3) is 3.38. The topological polar surface area (TPSA) is 24.5 Å². The zero-order valence-electron chi connectivity index (χ0n) is 12.1. The van der Waals surface area contributed by atoms with Crippen LogP contribution in [0.5, 0.6) is 5.75 Å². The number of hydrogen-bond donors (Lipinski definition) is 1. The summed E-state index contributed by atoms with van der Waals surface area (Å²) in [5, 5.41) is 3.35. The van der Waals surface area contributed by atoms with Crippen LogP contribution in [0.2, 0.25) is 0 Å². The van der Waals surface area contributed by atoms with Crippen LogP contribution in [0.4, 0.5) is 4.39 Å². The molecule has 0 unspecified atom stereocenters. The fourth-order valence-corrected chi connectivity index (χ4v) is 2.81. The van der Waals surface area contributed by atoms with Crippen molar-refractivity contribution in [1.29, 1.82) is 0 Å². The minimum atomic E-state index is -0.288. The summed E-state index contributed by atoms with van der Waals surface area (Å²) in [5.41, 5.74) is 0.941. The molecule has 4 heteroatoms. The molecule has 1 aliphatic rings. The fraction of sp³-hybridized carbons (Fsp3) is 0.500. The van der Waals surface area contributed by atoms with Crippen molar-refractivity contribution in [3.05, 3.63) is 42.2 Å². The molecular formula is C16H23FN2O. The van der Waals surface area contributed by atoms with Gasteiger partial charge in [-0.3, -0.25) is 4.90 Å².